The zero-order valence-corrected chi connectivity index (χ0v) is 13.2. The van der Waals surface area contributed by atoms with Gasteiger partial charge in [-0.25, -0.2) is 0 Å². The summed E-state index contributed by atoms with van der Waals surface area (Å²) in [7, 11) is 1.56. The molecule has 0 N–H and O–H groups in total. The van der Waals surface area contributed by atoms with Gasteiger partial charge in [0.1, 0.15) is 17.6 Å². The lowest BCUT2D eigenvalue weighted by atomic mass is 10.1. The average molecular weight is 327 g/mol. The molecule has 0 radical (unpaired) electrons. The highest BCUT2D eigenvalue weighted by Crippen LogP contribution is 2.36. The minimum atomic E-state index is -0.0435. The van der Waals surface area contributed by atoms with E-state index in [0.717, 1.165) is 5.75 Å². The molecule has 0 saturated carbocycles. The van der Waals surface area contributed by atoms with Crippen molar-refractivity contribution in [3.8, 4) is 23.0 Å². The number of rotatable bonds is 4. The Hall–Kier alpha value is -2.89. The minimum absolute atomic E-state index is 0.0240. The maximum absolute atomic E-state index is 12.5. The highest BCUT2D eigenvalue weighted by molar-refractivity contribution is 5.97. The van der Waals surface area contributed by atoms with Crippen molar-refractivity contribution in [2.75, 3.05) is 27.0 Å². The molecule has 1 fully saturated rings. The topological polar surface area (TPSA) is 57.2 Å². The van der Waals surface area contributed by atoms with Gasteiger partial charge >= 0.3 is 0 Å². The fraction of sp³-hybridized carbons (Fsp3) is 0.278. The zero-order chi connectivity index (χ0) is 16.5. The van der Waals surface area contributed by atoms with Crippen LogP contribution in [0.15, 0.2) is 42.5 Å². The van der Waals surface area contributed by atoms with Crippen molar-refractivity contribution in [1.29, 1.82) is 0 Å². The molecule has 2 aromatic rings. The van der Waals surface area contributed by atoms with Gasteiger partial charge in [0.05, 0.1) is 25.8 Å². The van der Waals surface area contributed by atoms with Crippen molar-refractivity contribution in [3.63, 3.8) is 0 Å². The average Bonchev–Trinajstić information content (AvgIpc) is 3.04. The maximum Gasteiger partial charge on any atom is 0.257 e. The quantitative estimate of drug-likeness (QED) is 0.863. The molecule has 0 aliphatic carbocycles. The number of methoxy groups -OCH3 is 1. The minimum Gasteiger partial charge on any atom is -0.496 e. The number of hydrogen-bond acceptors (Lipinski definition) is 5. The lowest BCUT2D eigenvalue weighted by molar-refractivity contribution is 0.0175. The third-order valence-corrected chi connectivity index (χ3v) is 4.12. The van der Waals surface area contributed by atoms with Crippen molar-refractivity contribution >= 4 is 5.91 Å². The van der Waals surface area contributed by atoms with Gasteiger partial charge in [-0.3, -0.25) is 4.79 Å². The van der Waals surface area contributed by atoms with Crippen LogP contribution in [0.3, 0.4) is 0 Å². The van der Waals surface area contributed by atoms with E-state index in [-0.39, 0.29) is 18.8 Å². The summed E-state index contributed by atoms with van der Waals surface area (Å²) < 4.78 is 21.7. The summed E-state index contributed by atoms with van der Waals surface area (Å²) in [5, 5.41) is 0. The number of hydrogen-bond donors (Lipinski definition) is 0. The number of nitrogens with zero attached hydrogens (tertiary/aromatic N) is 1. The summed E-state index contributed by atoms with van der Waals surface area (Å²) in [6, 6.07) is 12.7. The molecule has 1 saturated heterocycles. The standard InChI is InChI=1S/C18H17NO5/c1-21-15-5-3-2-4-14(15)18(20)19-9-13(10-19)24-12-6-7-16-17(8-12)23-11-22-16/h2-8,13H,9-11H2,1H3. The van der Waals surface area contributed by atoms with Crippen molar-refractivity contribution in [2.45, 2.75) is 6.10 Å². The van der Waals surface area contributed by atoms with Gasteiger partial charge < -0.3 is 23.8 Å². The van der Waals surface area contributed by atoms with E-state index in [1.54, 1.807) is 24.1 Å². The third kappa shape index (κ3) is 2.60. The van der Waals surface area contributed by atoms with Crippen LogP contribution in [-0.2, 0) is 0 Å². The van der Waals surface area contributed by atoms with Crippen LogP contribution in [0.1, 0.15) is 10.4 Å². The number of carbonyl (C=O) groups is 1. The lowest BCUT2D eigenvalue weighted by Gasteiger charge is -2.39. The molecular formula is C18H17NO5. The number of amides is 1. The summed E-state index contributed by atoms with van der Waals surface area (Å²) in [4.78, 5) is 14.3. The van der Waals surface area contributed by atoms with E-state index in [9.17, 15) is 4.79 Å². The van der Waals surface area contributed by atoms with Gasteiger partial charge in [-0.15, -0.1) is 0 Å². The molecule has 0 aromatic heterocycles. The zero-order valence-electron chi connectivity index (χ0n) is 13.2. The number of carbonyl (C=O) groups excluding carboxylic acids is 1. The molecule has 124 valence electrons. The SMILES string of the molecule is COc1ccccc1C(=O)N1CC(Oc2ccc3c(c2)OCO3)C1. The van der Waals surface area contributed by atoms with Crippen LogP contribution >= 0.6 is 0 Å². The molecule has 0 atom stereocenters. The summed E-state index contributed by atoms with van der Waals surface area (Å²) in [5.41, 5.74) is 0.571. The summed E-state index contributed by atoms with van der Waals surface area (Å²) in [6.07, 6.45) is -0.0240. The Kier molecular flexibility index (Phi) is 3.65. The first-order valence-electron chi connectivity index (χ1n) is 7.73. The fourth-order valence-corrected chi connectivity index (χ4v) is 2.81. The van der Waals surface area contributed by atoms with E-state index in [4.69, 9.17) is 18.9 Å². The molecule has 0 bridgehead atoms. The molecule has 2 aliphatic rings. The van der Waals surface area contributed by atoms with Gasteiger partial charge in [0.15, 0.2) is 11.5 Å². The van der Waals surface area contributed by atoms with Crippen molar-refractivity contribution < 1.29 is 23.7 Å². The van der Waals surface area contributed by atoms with Crippen LogP contribution in [0.5, 0.6) is 23.0 Å². The van der Waals surface area contributed by atoms with Crippen LogP contribution in [0, 0.1) is 0 Å². The van der Waals surface area contributed by atoms with Gasteiger partial charge in [0.2, 0.25) is 6.79 Å². The summed E-state index contributed by atoms with van der Waals surface area (Å²) in [5.74, 6) is 2.67. The Morgan fingerprint density at radius 1 is 1.12 bits per heavy atom. The second-order valence-corrected chi connectivity index (χ2v) is 5.67. The van der Waals surface area contributed by atoms with Gasteiger partial charge in [-0.2, -0.15) is 0 Å². The molecule has 0 spiro atoms. The molecule has 2 heterocycles. The van der Waals surface area contributed by atoms with Crippen LogP contribution in [0.4, 0.5) is 0 Å². The van der Waals surface area contributed by atoms with E-state index < -0.39 is 0 Å². The number of fused-ring (bicyclic) bond motifs is 1. The predicted molar refractivity (Wildman–Crippen MR) is 85.9 cm³/mol. The highest BCUT2D eigenvalue weighted by atomic mass is 16.7. The predicted octanol–water partition coefficient (Wildman–Crippen LogP) is 2.33. The Bertz CT molecular complexity index is 770. The first-order valence-corrected chi connectivity index (χ1v) is 7.73. The largest absolute Gasteiger partial charge is 0.496 e. The molecule has 6 heteroatoms. The molecule has 2 aromatic carbocycles. The first kappa shape index (κ1) is 14.7. The van der Waals surface area contributed by atoms with Gasteiger partial charge in [-0.05, 0) is 24.3 Å². The molecular weight excluding hydrogens is 310 g/mol. The summed E-state index contributed by atoms with van der Waals surface area (Å²) in [6.45, 7) is 1.33. The number of benzene rings is 2. The Morgan fingerprint density at radius 2 is 1.92 bits per heavy atom. The van der Waals surface area contributed by atoms with Crippen LogP contribution in [0.2, 0.25) is 0 Å². The first-order chi connectivity index (χ1) is 11.7. The van der Waals surface area contributed by atoms with Crippen LogP contribution in [0.25, 0.3) is 0 Å². The van der Waals surface area contributed by atoms with Crippen molar-refractivity contribution in [2.24, 2.45) is 0 Å². The van der Waals surface area contributed by atoms with E-state index in [1.165, 1.54) is 0 Å². The Labute approximate surface area is 139 Å². The van der Waals surface area contributed by atoms with E-state index in [2.05, 4.69) is 0 Å². The second kappa shape index (κ2) is 5.96. The normalized spacial score (nSPS) is 15.8. The molecule has 0 unspecified atom stereocenters. The Morgan fingerprint density at radius 3 is 2.75 bits per heavy atom. The number of para-hydroxylation sites is 1. The van der Waals surface area contributed by atoms with Gasteiger partial charge in [0.25, 0.3) is 5.91 Å². The lowest BCUT2D eigenvalue weighted by Crippen LogP contribution is -2.56. The molecule has 2 aliphatic heterocycles. The van der Waals surface area contributed by atoms with E-state index in [1.807, 2.05) is 30.3 Å². The van der Waals surface area contributed by atoms with Gasteiger partial charge in [-0.1, -0.05) is 12.1 Å². The van der Waals surface area contributed by atoms with Crippen LogP contribution < -0.4 is 18.9 Å². The molecule has 1 amide bonds. The Balaban J connectivity index is 1.37. The van der Waals surface area contributed by atoms with Crippen molar-refractivity contribution in [3.05, 3.63) is 48.0 Å². The summed E-state index contributed by atoms with van der Waals surface area (Å²) >= 11 is 0. The maximum atomic E-state index is 12.5. The van der Waals surface area contributed by atoms with E-state index in [0.29, 0.717) is 35.9 Å². The highest BCUT2D eigenvalue weighted by Gasteiger charge is 2.34. The van der Waals surface area contributed by atoms with Crippen LogP contribution in [-0.4, -0.2) is 43.9 Å². The number of likely N-dealkylation sites (tertiary alicyclic amines) is 1. The molecule has 24 heavy (non-hydrogen) atoms. The second-order valence-electron chi connectivity index (χ2n) is 5.67. The molecule has 6 nitrogen and oxygen atoms in total. The smallest absolute Gasteiger partial charge is 0.257 e. The third-order valence-electron chi connectivity index (χ3n) is 4.12. The fourth-order valence-electron chi connectivity index (χ4n) is 2.81. The number of ether oxygens (including phenoxy) is 4. The molecule has 4 rings (SSSR count). The monoisotopic (exact) mass is 327 g/mol. The van der Waals surface area contributed by atoms with Gasteiger partial charge in [0, 0.05) is 6.07 Å². The van der Waals surface area contributed by atoms with E-state index >= 15 is 0 Å². The van der Waals surface area contributed by atoms with Crippen molar-refractivity contribution in [1.82, 2.24) is 4.90 Å².